The molecule has 0 amide bonds. The predicted molar refractivity (Wildman–Crippen MR) is 91.5 cm³/mol. The number of benzene rings is 1. The highest BCUT2D eigenvalue weighted by molar-refractivity contribution is 7.17. The SMILES string of the molecule is C[C@@H]1C[NH+]([C@@H](c2ccc(F)cc2)c2sc3ncnn3c2O)C[C@@H](C)O1. The van der Waals surface area contributed by atoms with E-state index >= 15 is 0 Å². The van der Waals surface area contributed by atoms with Crippen molar-refractivity contribution >= 4 is 16.3 Å². The molecule has 6 nitrogen and oxygen atoms in total. The van der Waals surface area contributed by atoms with Gasteiger partial charge in [0.05, 0.1) is 0 Å². The van der Waals surface area contributed by atoms with Crippen LogP contribution in [-0.2, 0) is 4.74 Å². The van der Waals surface area contributed by atoms with Crippen molar-refractivity contribution in [3.63, 3.8) is 0 Å². The van der Waals surface area contributed by atoms with Crippen LogP contribution in [0.15, 0.2) is 30.6 Å². The number of nitrogens with one attached hydrogen (secondary N) is 1. The molecule has 0 unspecified atom stereocenters. The lowest BCUT2D eigenvalue weighted by Crippen LogP contribution is -3.15. The minimum Gasteiger partial charge on any atom is -0.492 e. The van der Waals surface area contributed by atoms with E-state index in [2.05, 4.69) is 23.9 Å². The van der Waals surface area contributed by atoms with E-state index in [0.29, 0.717) is 4.96 Å². The number of rotatable bonds is 3. The minimum absolute atomic E-state index is 0.103. The third kappa shape index (κ3) is 3.01. The molecule has 4 rings (SSSR count). The van der Waals surface area contributed by atoms with E-state index in [0.717, 1.165) is 23.5 Å². The number of quaternary nitrogens is 1. The number of hydrogen-bond acceptors (Lipinski definition) is 5. The number of aromatic nitrogens is 3. The average molecular weight is 363 g/mol. The Morgan fingerprint density at radius 3 is 2.60 bits per heavy atom. The highest BCUT2D eigenvalue weighted by atomic mass is 32.1. The molecule has 25 heavy (non-hydrogen) atoms. The molecule has 1 saturated heterocycles. The maximum atomic E-state index is 13.4. The van der Waals surface area contributed by atoms with Gasteiger partial charge in [-0.25, -0.2) is 9.37 Å². The first-order valence-corrected chi connectivity index (χ1v) is 9.11. The zero-order chi connectivity index (χ0) is 17.6. The van der Waals surface area contributed by atoms with Crippen molar-refractivity contribution in [3.05, 3.63) is 46.9 Å². The average Bonchev–Trinajstić information content (AvgIpc) is 3.13. The van der Waals surface area contributed by atoms with Crippen molar-refractivity contribution in [3.8, 4) is 5.88 Å². The Balaban J connectivity index is 1.81. The molecule has 0 saturated carbocycles. The molecule has 3 heterocycles. The number of morpholine rings is 1. The molecule has 3 atom stereocenters. The van der Waals surface area contributed by atoms with Crippen LogP contribution in [-0.4, -0.2) is 45.0 Å². The van der Waals surface area contributed by atoms with Crippen LogP contribution < -0.4 is 4.90 Å². The molecular formula is C17H20FN4O2S+. The summed E-state index contributed by atoms with van der Waals surface area (Å²) in [7, 11) is 0. The first-order valence-electron chi connectivity index (χ1n) is 8.30. The number of aromatic hydroxyl groups is 1. The summed E-state index contributed by atoms with van der Waals surface area (Å²) in [5.74, 6) is -0.167. The Bertz CT molecular complexity index is 869. The number of halogens is 1. The molecule has 132 valence electrons. The molecular weight excluding hydrogens is 343 g/mol. The van der Waals surface area contributed by atoms with Crippen LogP contribution in [0.4, 0.5) is 4.39 Å². The van der Waals surface area contributed by atoms with Gasteiger partial charge in [-0.3, -0.25) is 0 Å². The highest BCUT2D eigenvalue weighted by Crippen LogP contribution is 2.34. The topological polar surface area (TPSA) is 64.1 Å². The molecule has 3 aromatic rings. The summed E-state index contributed by atoms with van der Waals surface area (Å²) in [4.78, 5) is 6.89. The number of hydrogen-bond donors (Lipinski definition) is 2. The zero-order valence-corrected chi connectivity index (χ0v) is 14.8. The van der Waals surface area contributed by atoms with E-state index in [1.165, 1.54) is 39.2 Å². The number of fused-ring (bicyclic) bond motifs is 1. The quantitative estimate of drug-likeness (QED) is 0.739. The zero-order valence-electron chi connectivity index (χ0n) is 14.0. The summed E-state index contributed by atoms with van der Waals surface area (Å²) in [6, 6.07) is 6.37. The summed E-state index contributed by atoms with van der Waals surface area (Å²) in [5.41, 5.74) is 0.956. The van der Waals surface area contributed by atoms with Crippen LogP contribution >= 0.6 is 11.3 Å². The molecule has 2 aromatic heterocycles. The lowest BCUT2D eigenvalue weighted by Gasteiger charge is -2.37. The summed E-state index contributed by atoms with van der Waals surface area (Å²) in [6.07, 6.45) is 1.66. The third-order valence-electron chi connectivity index (χ3n) is 4.58. The van der Waals surface area contributed by atoms with Crippen molar-refractivity contribution in [1.82, 2.24) is 14.6 Å². The normalized spacial score (nSPS) is 25.3. The first-order chi connectivity index (χ1) is 12.0. The second-order valence-corrected chi connectivity index (χ2v) is 7.56. The van der Waals surface area contributed by atoms with Gasteiger partial charge < -0.3 is 14.7 Å². The Kier molecular flexibility index (Phi) is 4.18. The van der Waals surface area contributed by atoms with Crippen molar-refractivity contribution < 1.29 is 19.1 Å². The highest BCUT2D eigenvalue weighted by Gasteiger charge is 2.37. The van der Waals surface area contributed by atoms with Gasteiger partial charge in [0.15, 0.2) is 6.04 Å². The van der Waals surface area contributed by atoms with Crippen molar-refractivity contribution in [1.29, 1.82) is 0 Å². The van der Waals surface area contributed by atoms with Gasteiger partial charge in [-0.15, -0.1) is 0 Å². The Hall–Kier alpha value is -2.03. The Morgan fingerprint density at radius 2 is 1.96 bits per heavy atom. The lowest BCUT2D eigenvalue weighted by molar-refractivity contribution is -0.939. The van der Waals surface area contributed by atoms with Crippen LogP contribution in [0.5, 0.6) is 5.88 Å². The van der Waals surface area contributed by atoms with Gasteiger partial charge >= 0.3 is 0 Å². The molecule has 0 spiro atoms. The first kappa shape index (κ1) is 16.4. The summed E-state index contributed by atoms with van der Waals surface area (Å²) >= 11 is 1.42. The van der Waals surface area contributed by atoms with Crippen molar-refractivity contribution in [2.24, 2.45) is 0 Å². The third-order valence-corrected chi connectivity index (χ3v) is 5.68. The fourth-order valence-corrected chi connectivity index (χ4v) is 4.78. The van der Waals surface area contributed by atoms with E-state index in [1.54, 1.807) is 12.1 Å². The van der Waals surface area contributed by atoms with E-state index in [1.807, 2.05) is 0 Å². The van der Waals surface area contributed by atoms with E-state index in [4.69, 9.17) is 4.74 Å². The Morgan fingerprint density at radius 1 is 1.28 bits per heavy atom. The van der Waals surface area contributed by atoms with Crippen molar-refractivity contribution in [2.75, 3.05) is 13.1 Å². The van der Waals surface area contributed by atoms with E-state index in [9.17, 15) is 9.50 Å². The molecule has 1 aliphatic heterocycles. The molecule has 0 aliphatic carbocycles. The lowest BCUT2D eigenvalue weighted by atomic mass is 10.0. The standard InChI is InChI=1S/C17H19FN4O2S/c1-10-7-21(8-11(2)24-10)14(12-3-5-13(18)6-4-12)15-16(23)22-17(25-15)19-9-20-22/h3-6,9-11,14,23H,7-8H2,1-2H3/p+1/t10-,11-,14+/m1/s1. The van der Waals surface area contributed by atoms with Crippen LogP contribution in [0, 0.1) is 5.82 Å². The summed E-state index contributed by atoms with van der Waals surface area (Å²) < 4.78 is 20.7. The van der Waals surface area contributed by atoms with Crippen LogP contribution in [0.1, 0.15) is 30.3 Å². The number of ether oxygens (including phenoxy) is 1. The molecule has 8 heteroatoms. The molecule has 1 aromatic carbocycles. The maximum Gasteiger partial charge on any atom is 0.235 e. The van der Waals surface area contributed by atoms with Crippen LogP contribution in [0.2, 0.25) is 0 Å². The van der Waals surface area contributed by atoms with Gasteiger partial charge in [0.1, 0.15) is 42.3 Å². The van der Waals surface area contributed by atoms with Gasteiger partial charge in [0.2, 0.25) is 10.8 Å². The fourth-order valence-electron chi connectivity index (χ4n) is 3.66. The smallest absolute Gasteiger partial charge is 0.235 e. The molecule has 0 radical (unpaired) electrons. The molecule has 1 aliphatic rings. The summed E-state index contributed by atoms with van der Waals surface area (Å²) in [5, 5.41) is 14.8. The maximum absolute atomic E-state index is 13.4. The number of nitrogens with zero attached hydrogens (tertiary/aromatic N) is 3. The molecule has 2 N–H and O–H groups in total. The fraction of sp³-hybridized carbons (Fsp3) is 0.412. The van der Waals surface area contributed by atoms with E-state index < -0.39 is 0 Å². The second-order valence-electron chi connectivity index (χ2n) is 6.55. The van der Waals surface area contributed by atoms with Crippen molar-refractivity contribution in [2.45, 2.75) is 32.1 Å². The summed E-state index contributed by atoms with van der Waals surface area (Å²) in [6.45, 7) is 5.72. The molecule has 0 bridgehead atoms. The van der Waals surface area contributed by atoms with E-state index in [-0.39, 0.29) is 29.9 Å². The second kappa shape index (κ2) is 6.36. The Labute approximate surface area is 148 Å². The monoisotopic (exact) mass is 363 g/mol. The van der Waals surface area contributed by atoms with Gasteiger partial charge in [-0.05, 0) is 38.1 Å². The van der Waals surface area contributed by atoms with Gasteiger partial charge in [0.25, 0.3) is 0 Å². The van der Waals surface area contributed by atoms with Gasteiger partial charge in [-0.1, -0.05) is 11.3 Å². The van der Waals surface area contributed by atoms with Crippen LogP contribution in [0.3, 0.4) is 0 Å². The number of thiazole rings is 1. The van der Waals surface area contributed by atoms with Crippen LogP contribution in [0.25, 0.3) is 4.96 Å². The molecule has 1 fully saturated rings. The largest absolute Gasteiger partial charge is 0.492 e. The van der Waals surface area contributed by atoms with Gasteiger partial charge in [0, 0.05) is 5.56 Å². The van der Waals surface area contributed by atoms with Gasteiger partial charge in [-0.2, -0.15) is 9.61 Å². The minimum atomic E-state index is -0.270. The predicted octanol–water partition coefficient (Wildman–Crippen LogP) is 1.42.